The molecule has 0 spiro atoms. The van der Waals surface area contributed by atoms with Gasteiger partial charge in [-0.2, -0.15) is 0 Å². The molecule has 1 aliphatic carbocycles. The van der Waals surface area contributed by atoms with Gasteiger partial charge in [0.05, 0.1) is 13.5 Å². The van der Waals surface area contributed by atoms with Crippen LogP contribution in [-0.2, 0) is 20.9 Å². The summed E-state index contributed by atoms with van der Waals surface area (Å²) in [6, 6.07) is 3.79. The van der Waals surface area contributed by atoms with Crippen LogP contribution in [0.1, 0.15) is 31.2 Å². The molecule has 1 heterocycles. The molecule has 5 nitrogen and oxygen atoms in total. The van der Waals surface area contributed by atoms with Gasteiger partial charge in [-0.3, -0.25) is 14.6 Å². The maximum Gasteiger partial charge on any atom is 0.307 e. The van der Waals surface area contributed by atoms with Crippen LogP contribution >= 0.6 is 0 Å². The first kappa shape index (κ1) is 14.5. The molecule has 1 saturated carbocycles. The smallest absolute Gasteiger partial charge is 0.307 e. The second kappa shape index (κ2) is 7.03. The van der Waals surface area contributed by atoms with Gasteiger partial charge in [0.25, 0.3) is 0 Å². The summed E-state index contributed by atoms with van der Waals surface area (Å²) in [7, 11) is 1.36. The maximum absolute atomic E-state index is 12.4. The van der Waals surface area contributed by atoms with E-state index in [0.29, 0.717) is 13.1 Å². The van der Waals surface area contributed by atoms with E-state index in [-0.39, 0.29) is 24.2 Å². The van der Waals surface area contributed by atoms with E-state index >= 15 is 0 Å². The van der Waals surface area contributed by atoms with Gasteiger partial charge in [-0.1, -0.05) is 12.5 Å². The van der Waals surface area contributed by atoms with Gasteiger partial charge >= 0.3 is 5.97 Å². The average molecular weight is 276 g/mol. The van der Waals surface area contributed by atoms with Crippen LogP contribution in [0.25, 0.3) is 0 Å². The van der Waals surface area contributed by atoms with Crippen molar-refractivity contribution in [3.8, 4) is 0 Å². The van der Waals surface area contributed by atoms with Gasteiger partial charge in [0.1, 0.15) is 0 Å². The number of hydrogen-bond donors (Lipinski definition) is 0. The van der Waals surface area contributed by atoms with Crippen molar-refractivity contribution in [2.45, 2.75) is 32.2 Å². The van der Waals surface area contributed by atoms with Crippen molar-refractivity contribution in [3.63, 3.8) is 0 Å². The minimum absolute atomic E-state index is 0.129. The van der Waals surface area contributed by atoms with Crippen molar-refractivity contribution in [3.05, 3.63) is 30.1 Å². The summed E-state index contributed by atoms with van der Waals surface area (Å²) in [5.74, 6) is -0.0177. The lowest BCUT2D eigenvalue weighted by molar-refractivity contribution is -0.143. The molecule has 1 amide bonds. The molecule has 0 aromatic carbocycles. The first-order valence-electron chi connectivity index (χ1n) is 6.95. The highest BCUT2D eigenvalue weighted by Gasteiger charge is 2.29. The summed E-state index contributed by atoms with van der Waals surface area (Å²) >= 11 is 0. The lowest BCUT2D eigenvalue weighted by atomic mass is 9.84. The van der Waals surface area contributed by atoms with Gasteiger partial charge < -0.3 is 9.64 Å². The third-order valence-electron chi connectivity index (χ3n) is 3.68. The zero-order chi connectivity index (χ0) is 14.4. The molecule has 0 saturated heterocycles. The molecule has 0 aliphatic heterocycles. The standard InChI is InChI=1S/C15H20N2O3/c1-20-14(18)7-9-17(15(19)13-5-2-6-13)11-12-4-3-8-16-10-12/h3-4,8,10,13H,2,5-7,9,11H2,1H3. The molecule has 5 heteroatoms. The van der Waals surface area contributed by atoms with E-state index in [1.165, 1.54) is 7.11 Å². The Bertz CT molecular complexity index is 457. The molecule has 0 radical (unpaired) electrons. The molecule has 20 heavy (non-hydrogen) atoms. The molecule has 0 N–H and O–H groups in total. The lowest BCUT2D eigenvalue weighted by Crippen LogP contribution is -2.39. The van der Waals surface area contributed by atoms with Gasteiger partial charge in [0, 0.05) is 31.4 Å². The van der Waals surface area contributed by atoms with Gasteiger partial charge in [-0.05, 0) is 24.5 Å². The van der Waals surface area contributed by atoms with E-state index in [0.717, 1.165) is 24.8 Å². The summed E-state index contributed by atoms with van der Waals surface area (Å²) in [6.45, 7) is 0.900. The Morgan fingerprint density at radius 3 is 2.80 bits per heavy atom. The molecule has 0 bridgehead atoms. The molecule has 1 aromatic rings. The number of nitrogens with zero attached hydrogens (tertiary/aromatic N) is 2. The second-order valence-electron chi connectivity index (χ2n) is 5.08. The Hall–Kier alpha value is -1.91. The first-order valence-corrected chi connectivity index (χ1v) is 6.95. The van der Waals surface area contributed by atoms with Crippen molar-refractivity contribution >= 4 is 11.9 Å². The van der Waals surface area contributed by atoms with Gasteiger partial charge in [0.15, 0.2) is 0 Å². The van der Waals surface area contributed by atoms with Gasteiger partial charge in [0.2, 0.25) is 5.91 Å². The Morgan fingerprint density at radius 1 is 1.45 bits per heavy atom. The van der Waals surface area contributed by atoms with E-state index < -0.39 is 0 Å². The molecule has 0 unspecified atom stereocenters. The van der Waals surface area contributed by atoms with Crippen LogP contribution in [0.5, 0.6) is 0 Å². The number of ether oxygens (including phenoxy) is 1. The maximum atomic E-state index is 12.4. The van der Waals surface area contributed by atoms with Crippen molar-refractivity contribution in [1.29, 1.82) is 0 Å². The molecule has 1 aromatic heterocycles. The van der Waals surface area contributed by atoms with Crippen molar-refractivity contribution in [1.82, 2.24) is 9.88 Å². The Morgan fingerprint density at radius 2 is 2.25 bits per heavy atom. The lowest BCUT2D eigenvalue weighted by Gasteiger charge is -2.31. The minimum Gasteiger partial charge on any atom is -0.469 e. The first-order chi connectivity index (χ1) is 9.70. The Balaban J connectivity index is 1.98. The highest BCUT2D eigenvalue weighted by Crippen LogP contribution is 2.28. The second-order valence-corrected chi connectivity index (χ2v) is 5.08. The van der Waals surface area contributed by atoms with E-state index in [2.05, 4.69) is 9.72 Å². The molecular formula is C15H20N2O3. The van der Waals surface area contributed by atoms with Crippen LogP contribution < -0.4 is 0 Å². The van der Waals surface area contributed by atoms with Crippen LogP contribution in [0.3, 0.4) is 0 Å². The summed E-state index contributed by atoms with van der Waals surface area (Å²) < 4.78 is 4.64. The van der Waals surface area contributed by atoms with E-state index in [9.17, 15) is 9.59 Å². The highest BCUT2D eigenvalue weighted by atomic mass is 16.5. The quantitative estimate of drug-likeness (QED) is 0.743. The molecular weight excluding hydrogens is 256 g/mol. The number of esters is 1. The van der Waals surface area contributed by atoms with Gasteiger partial charge in [-0.25, -0.2) is 0 Å². The number of aromatic nitrogens is 1. The molecule has 0 atom stereocenters. The molecule has 108 valence electrons. The summed E-state index contributed by atoms with van der Waals surface area (Å²) in [5.41, 5.74) is 0.977. The fraction of sp³-hybridized carbons (Fsp3) is 0.533. The number of pyridine rings is 1. The van der Waals surface area contributed by atoms with Crippen LogP contribution in [0, 0.1) is 5.92 Å². The van der Waals surface area contributed by atoms with E-state index in [1.54, 1.807) is 17.3 Å². The zero-order valence-corrected chi connectivity index (χ0v) is 11.7. The predicted octanol–water partition coefficient (Wildman–Crippen LogP) is 1.77. The SMILES string of the molecule is COC(=O)CCN(Cc1cccnc1)C(=O)C1CCC1. The normalized spacial score (nSPS) is 14.4. The number of rotatable bonds is 6. The number of hydrogen-bond acceptors (Lipinski definition) is 4. The molecule has 2 rings (SSSR count). The number of carbonyl (C=O) groups excluding carboxylic acids is 2. The van der Waals surface area contributed by atoms with Crippen LogP contribution in [-0.4, -0.2) is 35.4 Å². The van der Waals surface area contributed by atoms with Crippen molar-refractivity contribution < 1.29 is 14.3 Å². The fourth-order valence-corrected chi connectivity index (χ4v) is 2.22. The van der Waals surface area contributed by atoms with Crippen LogP contribution in [0.15, 0.2) is 24.5 Å². The number of methoxy groups -OCH3 is 1. The highest BCUT2D eigenvalue weighted by molar-refractivity contribution is 5.80. The summed E-state index contributed by atoms with van der Waals surface area (Å²) in [5, 5.41) is 0. The Kier molecular flexibility index (Phi) is 5.09. The third-order valence-corrected chi connectivity index (χ3v) is 3.68. The van der Waals surface area contributed by atoms with Crippen LogP contribution in [0.4, 0.5) is 0 Å². The van der Waals surface area contributed by atoms with Crippen LogP contribution in [0.2, 0.25) is 0 Å². The van der Waals surface area contributed by atoms with Gasteiger partial charge in [-0.15, -0.1) is 0 Å². The largest absolute Gasteiger partial charge is 0.469 e. The third kappa shape index (κ3) is 3.79. The number of amides is 1. The topological polar surface area (TPSA) is 59.5 Å². The predicted molar refractivity (Wildman–Crippen MR) is 73.6 cm³/mol. The summed E-state index contributed by atoms with van der Waals surface area (Å²) in [4.78, 5) is 29.5. The Labute approximate surface area is 118 Å². The van der Waals surface area contributed by atoms with E-state index in [4.69, 9.17) is 0 Å². The fourth-order valence-electron chi connectivity index (χ4n) is 2.22. The summed E-state index contributed by atoms with van der Waals surface area (Å²) in [6.07, 6.45) is 6.72. The van der Waals surface area contributed by atoms with Crippen molar-refractivity contribution in [2.75, 3.05) is 13.7 Å². The average Bonchev–Trinajstić information content (AvgIpc) is 2.42. The minimum atomic E-state index is -0.289. The zero-order valence-electron chi connectivity index (χ0n) is 11.7. The van der Waals surface area contributed by atoms with Crippen molar-refractivity contribution in [2.24, 2.45) is 5.92 Å². The molecule has 1 fully saturated rings. The monoisotopic (exact) mass is 276 g/mol. The van der Waals surface area contributed by atoms with E-state index in [1.807, 2.05) is 12.1 Å². The molecule has 1 aliphatic rings. The number of carbonyl (C=O) groups is 2.